The second-order valence-electron chi connectivity index (χ2n) is 4.24. The molecule has 0 bridgehead atoms. The predicted octanol–water partition coefficient (Wildman–Crippen LogP) is 2.43. The van der Waals surface area contributed by atoms with Crippen LogP contribution >= 0.6 is 11.6 Å². The highest BCUT2D eigenvalue weighted by Crippen LogP contribution is 2.14. The Morgan fingerprint density at radius 2 is 2.00 bits per heavy atom. The van der Waals surface area contributed by atoms with Gasteiger partial charge in [-0.15, -0.1) is 11.6 Å². The van der Waals surface area contributed by atoms with Crippen molar-refractivity contribution in [1.82, 2.24) is 5.32 Å². The van der Waals surface area contributed by atoms with Crippen LogP contribution in [0.5, 0.6) is 0 Å². The molecule has 0 saturated carbocycles. The van der Waals surface area contributed by atoms with Gasteiger partial charge in [0, 0.05) is 38.3 Å². The van der Waals surface area contributed by atoms with Gasteiger partial charge in [0.2, 0.25) is 0 Å². The molecule has 0 amide bonds. The molecule has 0 aromatic heterocycles. The first kappa shape index (κ1) is 16.2. The summed E-state index contributed by atoms with van der Waals surface area (Å²) in [5.41, 5.74) is 0.150. The smallest absolute Gasteiger partial charge is 0.0591 e. The summed E-state index contributed by atoms with van der Waals surface area (Å²) < 4.78 is 10.4. The lowest BCUT2D eigenvalue weighted by Crippen LogP contribution is -2.43. The first-order valence-electron chi connectivity index (χ1n) is 6.06. The minimum Gasteiger partial charge on any atom is -0.385 e. The molecule has 0 aliphatic heterocycles. The summed E-state index contributed by atoms with van der Waals surface area (Å²) in [5, 5.41) is 3.50. The average molecular weight is 252 g/mol. The second kappa shape index (κ2) is 10.3. The summed E-state index contributed by atoms with van der Waals surface area (Å²) in [7, 11) is 1.71. The van der Waals surface area contributed by atoms with E-state index in [9.17, 15) is 0 Å². The zero-order chi connectivity index (χ0) is 12.3. The fraction of sp³-hybridized carbons (Fsp3) is 1.00. The second-order valence-corrected chi connectivity index (χ2v) is 4.62. The zero-order valence-corrected chi connectivity index (χ0v) is 11.6. The third-order valence-electron chi connectivity index (χ3n) is 2.86. The maximum Gasteiger partial charge on any atom is 0.0591 e. The summed E-state index contributed by atoms with van der Waals surface area (Å²) in [6.45, 7) is 7.56. The molecule has 3 nitrogen and oxygen atoms in total. The Bertz CT molecular complexity index is 158. The molecule has 0 aliphatic rings. The molecule has 0 aliphatic carbocycles. The van der Waals surface area contributed by atoms with E-state index in [0.29, 0.717) is 5.88 Å². The van der Waals surface area contributed by atoms with E-state index in [2.05, 4.69) is 19.2 Å². The lowest BCUT2D eigenvalue weighted by Gasteiger charge is -2.29. The molecule has 1 N–H and O–H groups in total. The summed E-state index contributed by atoms with van der Waals surface area (Å²) >= 11 is 5.78. The van der Waals surface area contributed by atoms with Crippen molar-refractivity contribution in [2.45, 2.75) is 38.6 Å². The summed E-state index contributed by atoms with van der Waals surface area (Å²) in [5.74, 6) is 0.700. The monoisotopic (exact) mass is 251 g/mol. The maximum absolute atomic E-state index is 5.78. The van der Waals surface area contributed by atoms with E-state index in [4.69, 9.17) is 21.1 Å². The van der Waals surface area contributed by atoms with Crippen molar-refractivity contribution in [2.24, 2.45) is 0 Å². The molecule has 0 heterocycles. The maximum atomic E-state index is 5.78. The fourth-order valence-electron chi connectivity index (χ4n) is 1.43. The molecule has 0 saturated heterocycles. The number of ether oxygens (including phenoxy) is 2. The Morgan fingerprint density at radius 3 is 2.56 bits per heavy atom. The van der Waals surface area contributed by atoms with Crippen molar-refractivity contribution in [3.05, 3.63) is 0 Å². The Hall–Kier alpha value is 0.170. The van der Waals surface area contributed by atoms with Gasteiger partial charge in [-0.3, -0.25) is 0 Å². The summed E-state index contributed by atoms with van der Waals surface area (Å²) in [4.78, 5) is 0. The van der Waals surface area contributed by atoms with Gasteiger partial charge in [-0.2, -0.15) is 0 Å². The number of hydrogen-bond donors (Lipinski definition) is 1. The molecule has 4 heteroatoms. The normalized spacial score (nSPS) is 15.0. The van der Waals surface area contributed by atoms with E-state index >= 15 is 0 Å². The molecule has 0 spiro atoms. The SMILES string of the molecule is CCC(C)(CCCl)NCCOCCCOC. The topological polar surface area (TPSA) is 30.5 Å². The third kappa shape index (κ3) is 8.34. The van der Waals surface area contributed by atoms with Crippen LogP contribution in [0, 0.1) is 0 Å². The first-order chi connectivity index (χ1) is 7.68. The largest absolute Gasteiger partial charge is 0.385 e. The van der Waals surface area contributed by atoms with Gasteiger partial charge in [0.15, 0.2) is 0 Å². The van der Waals surface area contributed by atoms with Gasteiger partial charge in [-0.25, -0.2) is 0 Å². The molecule has 0 fully saturated rings. The molecular weight excluding hydrogens is 226 g/mol. The molecule has 1 atom stereocenters. The Labute approximate surface area is 105 Å². The lowest BCUT2D eigenvalue weighted by atomic mass is 9.95. The van der Waals surface area contributed by atoms with Crippen LogP contribution in [0.15, 0.2) is 0 Å². The van der Waals surface area contributed by atoms with Crippen molar-refractivity contribution in [2.75, 3.05) is 39.4 Å². The number of hydrogen-bond acceptors (Lipinski definition) is 3. The Kier molecular flexibility index (Phi) is 10.4. The number of halogens is 1. The highest BCUT2D eigenvalue weighted by atomic mass is 35.5. The van der Waals surface area contributed by atoms with Crippen molar-refractivity contribution in [3.8, 4) is 0 Å². The van der Waals surface area contributed by atoms with E-state index < -0.39 is 0 Å². The molecule has 0 aromatic carbocycles. The standard InChI is InChI=1S/C12H26ClNO2/c1-4-12(2,6-7-13)14-8-11-16-10-5-9-15-3/h14H,4-11H2,1-3H3. The van der Waals surface area contributed by atoms with Crippen LogP contribution in [0.1, 0.15) is 33.1 Å². The minimum atomic E-state index is 0.150. The van der Waals surface area contributed by atoms with Crippen LogP contribution < -0.4 is 5.32 Å². The van der Waals surface area contributed by atoms with E-state index in [1.165, 1.54) is 0 Å². The van der Waals surface area contributed by atoms with Crippen LogP contribution in [0.2, 0.25) is 0 Å². The third-order valence-corrected chi connectivity index (χ3v) is 3.05. The zero-order valence-electron chi connectivity index (χ0n) is 10.9. The van der Waals surface area contributed by atoms with Gasteiger partial charge in [0.25, 0.3) is 0 Å². The van der Waals surface area contributed by atoms with Gasteiger partial charge in [0.05, 0.1) is 6.61 Å². The molecular formula is C12H26ClNO2. The van der Waals surface area contributed by atoms with Gasteiger partial charge in [-0.05, 0) is 26.2 Å². The Morgan fingerprint density at radius 1 is 1.25 bits per heavy atom. The van der Waals surface area contributed by atoms with Gasteiger partial charge >= 0.3 is 0 Å². The minimum absolute atomic E-state index is 0.150. The number of alkyl halides is 1. The highest BCUT2D eigenvalue weighted by molar-refractivity contribution is 6.17. The van der Waals surface area contributed by atoms with Crippen LogP contribution in [0.25, 0.3) is 0 Å². The molecule has 98 valence electrons. The van der Waals surface area contributed by atoms with E-state index in [1.54, 1.807) is 7.11 Å². The van der Waals surface area contributed by atoms with Crippen molar-refractivity contribution < 1.29 is 9.47 Å². The number of rotatable bonds is 11. The first-order valence-corrected chi connectivity index (χ1v) is 6.59. The lowest BCUT2D eigenvalue weighted by molar-refractivity contribution is 0.0996. The van der Waals surface area contributed by atoms with E-state index in [-0.39, 0.29) is 5.54 Å². The van der Waals surface area contributed by atoms with Crippen molar-refractivity contribution in [1.29, 1.82) is 0 Å². The molecule has 0 aromatic rings. The van der Waals surface area contributed by atoms with Gasteiger partial charge < -0.3 is 14.8 Å². The molecule has 16 heavy (non-hydrogen) atoms. The van der Waals surface area contributed by atoms with Gasteiger partial charge in [-0.1, -0.05) is 6.92 Å². The molecule has 0 rings (SSSR count). The average Bonchev–Trinajstić information content (AvgIpc) is 2.28. The van der Waals surface area contributed by atoms with Crippen LogP contribution in [-0.4, -0.2) is 44.9 Å². The van der Waals surface area contributed by atoms with Gasteiger partial charge in [0.1, 0.15) is 0 Å². The number of nitrogens with one attached hydrogen (secondary N) is 1. The van der Waals surface area contributed by atoms with Crippen LogP contribution in [0.4, 0.5) is 0 Å². The van der Waals surface area contributed by atoms with Crippen LogP contribution in [-0.2, 0) is 9.47 Å². The summed E-state index contributed by atoms with van der Waals surface area (Å²) in [6.07, 6.45) is 3.04. The quantitative estimate of drug-likeness (QED) is 0.452. The molecule has 1 unspecified atom stereocenters. The van der Waals surface area contributed by atoms with Crippen molar-refractivity contribution in [3.63, 3.8) is 0 Å². The van der Waals surface area contributed by atoms with Crippen molar-refractivity contribution >= 4 is 11.6 Å². The highest BCUT2D eigenvalue weighted by Gasteiger charge is 2.19. The van der Waals surface area contributed by atoms with E-state index in [1.807, 2.05) is 0 Å². The predicted molar refractivity (Wildman–Crippen MR) is 69.3 cm³/mol. The number of methoxy groups -OCH3 is 1. The molecule has 0 radical (unpaired) electrons. The Balaban J connectivity index is 3.41. The van der Waals surface area contributed by atoms with E-state index in [0.717, 1.165) is 45.6 Å². The summed E-state index contributed by atoms with van der Waals surface area (Å²) in [6, 6.07) is 0. The fourth-order valence-corrected chi connectivity index (χ4v) is 1.85. The van der Waals surface area contributed by atoms with Crippen LogP contribution in [0.3, 0.4) is 0 Å².